The molecule has 0 aromatic carbocycles. The van der Waals surface area contributed by atoms with Gasteiger partial charge in [-0.25, -0.2) is 0 Å². The first kappa shape index (κ1) is 17.2. The smallest absolute Gasteiger partial charge is 0.313 e. The number of rotatable bonds is 9. The predicted molar refractivity (Wildman–Crippen MR) is 78.6 cm³/mol. The molecule has 0 aliphatic carbocycles. The Bertz CT molecular complexity index is 234. The summed E-state index contributed by atoms with van der Waals surface area (Å²) < 4.78 is 23.8. The van der Waals surface area contributed by atoms with Gasteiger partial charge in [-0.1, -0.05) is 0 Å². The van der Waals surface area contributed by atoms with Gasteiger partial charge in [0.05, 0.1) is 6.61 Å². The number of hydrogen-bond acceptors (Lipinski definition) is 5. The standard InChI is InChI=1S/C14H28O4S/c1-4-15-13(10-8-12-19)9-7-11-18-14(13,16-5-2)17-6-3/h19H,4-12H2,1-3H3. The van der Waals surface area contributed by atoms with E-state index in [0.717, 1.165) is 31.4 Å². The maximum Gasteiger partial charge on any atom is 0.313 e. The van der Waals surface area contributed by atoms with E-state index in [1.165, 1.54) is 0 Å². The topological polar surface area (TPSA) is 36.9 Å². The van der Waals surface area contributed by atoms with Crippen molar-refractivity contribution in [2.24, 2.45) is 0 Å². The Morgan fingerprint density at radius 2 is 1.68 bits per heavy atom. The molecule has 1 unspecified atom stereocenters. The van der Waals surface area contributed by atoms with Gasteiger partial charge in [0, 0.05) is 19.8 Å². The van der Waals surface area contributed by atoms with E-state index in [2.05, 4.69) is 12.6 Å². The van der Waals surface area contributed by atoms with Gasteiger partial charge in [0.15, 0.2) is 0 Å². The first-order valence-corrected chi connectivity index (χ1v) is 8.00. The molecule has 1 fully saturated rings. The summed E-state index contributed by atoms with van der Waals surface area (Å²) in [6.45, 7) is 8.25. The summed E-state index contributed by atoms with van der Waals surface area (Å²) in [4.78, 5) is 0. The van der Waals surface area contributed by atoms with E-state index in [9.17, 15) is 0 Å². The molecule has 0 N–H and O–H groups in total. The van der Waals surface area contributed by atoms with Crippen LogP contribution in [0.1, 0.15) is 46.5 Å². The van der Waals surface area contributed by atoms with Crippen molar-refractivity contribution in [3.8, 4) is 0 Å². The Morgan fingerprint density at radius 1 is 1.05 bits per heavy atom. The summed E-state index contributed by atoms with van der Waals surface area (Å²) in [5.41, 5.74) is -0.519. The Hall–Kier alpha value is 0.190. The van der Waals surface area contributed by atoms with Crippen molar-refractivity contribution < 1.29 is 18.9 Å². The molecule has 4 nitrogen and oxygen atoms in total. The van der Waals surface area contributed by atoms with Crippen LogP contribution in [0.4, 0.5) is 0 Å². The molecule has 1 aliphatic rings. The number of ether oxygens (including phenoxy) is 4. The SMILES string of the molecule is CCOC1(CCCS)CCCOC1(OCC)OCC. The molecular weight excluding hydrogens is 264 g/mol. The van der Waals surface area contributed by atoms with Crippen molar-refractivity contribution in [2.45, 2.75) is 58.0 Å². The van der Waals surface area contributed by atoms with Crippen LogP contribution in [0, 0.1) is 0 Å². The Morgan fingerprint density at radius 3 is 2.21 bits per heavy atom. The van der Waals surface area contributed by atoms with Gasteiger partial charge in [-0.05, 0) is 52.2 Å². The number of thiol groups is 1. The molecule has 5 heteroatoms. The molecule has 1 atom stereocenters. The highest BCUT2D eigenvalue weighted by molar-refractivity contribution is 7.80. The van der Waals surface area contributed by atoms with Gasteiger partial charge < -0.3 is 18.9 Å². The van der Waals surface area contributed by atoms with E-state index in [0.29, 0.717) is 26.4 Å². The van der Waals surface area contributed by atoms with Crippen LogP contribution >= 0.6 is 12.6 Å². The predicted octanol–water partition coefficient (Wildman–Crippen LogP) is 3.01. The first-order chi connectivity index (χ1) is 9.20. The molecule has 0 aromatic heterocycles. The van der Waals surface area contributed by atoms with Gasteiger partial charge in [-0.15, -0.1) is 0 Å². The summed E-state index contributed by atoms with van der Waals surface area (Å²) >= 11 is 4.31. The van der Waals surface area contributed by atoms with Crippen LogP contribution in [-0.2, 0) is 18.9 Å². The highest BCUT2D eigenvalue weighted by Crippen LogP contribution is 2.43. The van der Waals surface area contributed by atoms with Crippen LogP contribution in [0.15, 0.2) is 0 Å². The van der Waals surface area contributed by atoms with Crippen molar-refractivity contribution in [3.63, 3.8) is 0 Å². The van der Waals surface area contributed by atoms with Crippen molar-refractivity contribution in [2.75, 3.05) is 32.2 Å². The summed E-state index contributed by atoms with van der Waals surface area (Å²) in [6, 6.07) is 0. The minimum Gasteiger partial charge on any atom is -0.367 e. The van der Waals surface area contributed by atoms with Gasteiger partial charge in [0.2, 0.25) is 0 Å². The van der Waals surface area contributed by atoms with Gasteiger partial charge in [-0.2, -0.15) is 12.6 Å². The van der Waals surface area contributed by atoms with Crippen molar-refractivity contribution >= 4 is 12.6 Å². The van der Waals surface area contributed by atoms with Crippen LogP contribution in [0.3, 0.4) is 0 Å². The maximum atomic E-state index is 6.08. The van der Waals surface area contributed by atoms with E-state index >= 15 is 0 Å². The lowest BCUT2D eigenvalue weighted by Gasteiger charge is -2.50. The quantitative estimate of drug-likeness (QED) is 0.523. The Labute approximate surface area is 122 Å². The highest BCUT2D eigenvalue weighted by atomic mass is 32.1. The molecule has 0 amide bonds. The molecule has 0 radical (unpaired) electrons. The fourth-order valence-corrected chi connectivity index (χ4v) is 2.93. The van der Waals surface area contributed by atoms with Gasteiger partial charge in [0.25, 0.3) is 0 Å². The Balaban J connectivity index is 3.01. The average Bonchev–Trinajstić information content (AvgIpc) is 2.40. The molecule has 0 saturated carbocycles. The summed E-state index contributed by atoms with van der Waals surface area (Å²) in [5, 5.41) is 0. The zero-order valence-electron chi connectivity index (χ0n) is 12.4. The minimum absolute atomic E-state index is 0.519. The second-order valence-electron chi connectivity index (χ2n) is 4.63. The second kappa shape index (κ2) is 8.47. The summed E-state index contributed by atoms with van der Waals surface area (Å²) in [5.74, 6) is -0.239. The first-order valence-electron chi connectivity index (χ1n) is 7.37. The molecule has 0 spiro atoms. The van der Waals surface area contributed by atoms with Crippen LogP contribution in [0.5, 0.6) is 0 Å². The van der Waals surface area contributed by atoms with E-state index in [4.69, 9.17) is 18.9 Å². The molecule has 0 bridgehead atoms. The van der Waals surface area contributed by atoms with Crippen LogP contribution < -0.4 is 0 Å². The number of hydrogen-bond donors (Lipinski definition) is 1. The maximum absolute atomic E-state index is 6.08. The molecule has 0 aromatic rings. The monoisotopic (exact) mass is 292 g/mol. The fourth-order valence-electron chi connectivity index (χ4n) is 2.77. The van der Waals surface area contributed by atoms with Crippen molar-refractivity contribution in [1.82, 2.24) is 0 Å². The summed E-state index contributed by atoms with van der Waals surface area (Å²) in [7, 11) is 0. The molecule has 19 heavy (non-hydrogen) atoms. The fraction of sp³-hybridized carbons (Fsp3) is 1.00. The molecule has 1 aliphatic heterocycles. The van der Waals surface area contributed by atoms with Gasteiger partial charge >= 0.3 is 5.97 Å². The lowest BCUT2D eigenvalue weighted by atomic mass is 9.87. The third-order valence-electron chi connectivity index (χ3n) is 3.40. The Kier molecular flexibility index (Phi) is 7.69. The van der Waals surface area contributed by atoms with Gasteiger partial charge in [0.1, 0.15) is 5.60 Å². The largest absolute Gasteiger partial charge is 0.367 e. The lowest BCUT2D eigenvalue weighted by Crippen LogP contribution is -2.63. The lowest BCUT2D eigenvalue weighted by molar-refractivity contribution is -0.459. The second-order valence-corrected chi connectivity index (χ2v) is 5.08. The van der Waals surface area contributed by atoms with Crippen molar-refractivity contribution in [3.05, 3.63) is 0 Å². The van der Waals surface area contributed by atoms with E-state index in [1.807, 2.05) is 20.8 Å². The van der Waals surface area contributed by atoms with Gasteiger partial charge in [-0.3, -0.25) is 0 Å². The molecule has 1 saturated heterocycles. The highest BCUT2D eigenvalue weighted by Gasteiger charge is 2.57. The molecule has 1 heterocycles. The molecule has 114 valence electrons. The van der Waals surface area contributed by atoms with Crippen LogP contribution in [-0.4, -0.2) is 43.8 Å². The van der Waals surface area contributed by atoms with E-state index in [-0.39, 0.29) is 0 Å². The van der Waals surface area contributed by atoms with Crippen LogP contribution in [0.25, 0.3) is 0 Å². The molecular formula is C14H28O4S. The summed E-state index contributed by atoms with van der Waals surface area (Å²) in [6.07, 6.45) is 3.65. The van der Waals surface area contributed by atoms with Crippen molar-refractivity contribution in [1.29, 1.82) is 0 Å². The van der Waals surface area contributed by atoms with E-state index < -0.39 is 11.6 Å². The third kappa shape index (κ3) is 3.85. The third-order valence-corrected chi connectivity index (χ3v) is 3.72. The van der Waals surface area contributed by atoms with Crippen LogP contribution in [0.2, 0.25) is 0 Å². The zero-order chi connectivity index (χ0) is 14.2. The normalized spacial score (nSPS) is 26.5. The molecule has 1 rings (SSSR count). The van der Waals surface area contributed by atoms with E-state index in [1.54, 1.807) is 0 Å². The zero-order valence-corrected chi connectivity index (χ0v) is 13.3. The minimum atomic E-state index is -1.06. The average molecular weight is 292 g/mol.